The van der Waals surface area contributed by atoms with Gasteiger partial charge in [0.05, 0.1) is 12.7 Å². The van der Waals surface area contributed by atoms with Gasteiger partial charge in [-0.1, -0.05) is 45.0 Å². The van der Waals surface area contributed by atoms with Crippen LogP contribution in [0.4, 0.5) is 0 Å². The summed E-state index contributed by atoms with van der Waals surface area (Å²) in [6, 6.07) is 10.0. The molecule has 0 saturated carbocycles. The predicted octanol–water partition coefficient (Wildman–Crippen LogP) is 3.18. The van der Waals surface area contributed by atoms with E-state index >= 15 is 0 Å². The highest BCUT2D eigenvalue weighted by molar-refractivity contribution is 5.23. The fraction of sp³-hybridized carbons (Fsp3) is 0.667. The Labute approximate surface area is 129 Å². The lowest BCUT2D eigenvalue weighted by Crippen LogP contribution is -2.47. The zero-order valence-corrected chi connectivity index (χ0v) is 13.9. The van der Waals surface area contributed by atoms with Crippen LogP contribution in [0.25, 0.3) is 0 Å². The molecular formula is C18H30N2O. The second kappa shape index (κ2) is 7.92. The second-order valence-electron chi connectivity index (χ2n) is 6.49. The molecule has 0 aromatic heterocycles. The van der Waals surface area contributed by atoms with Crippen LogP contribution in [0.5, 0.6) is 0 Å². The molecule has 1 aromatic rings. The van der Waals surface area contributed by atoms with Gasteiger partial charge in [-0.3, -0.25) is 4.90 Å². The minimum atomic E-state index is 0.346. The number of morpholine rings is 1. The van der Waals surface area contributed by atoms with Crippen molar-refractivity contribution in [1.82, 2.24) is 10.2 Å². The summed E-state index contributed by atoms with van der Waals surface area (Å²) < 4.78 is 5.79. The first-order valence-electron chi connectivity index (χ1n) is 8.25. The first-order chi connectivity index (χ1) is 10.1. The zero-order valence-electron chi connectivity index (χ0n) is 13.9. The predicted molar refractivity (Wildman–Crippen MR) is 88.3 cm³/mol. The van der Waals surface area contributed by atoms with Crippen LogP contribution < -0.4 is 5.32 Å². The topological polar surface area (TPSA) is 24.5 Å². The number of nitrogens with one attached hydrogen (secondary N) is 1. The monoisotopic (exact) mass is 290 g/mol. The Morgan fingerprint density at radius 2 is 2.10 bits per heavy atom. The van der Waals surface area contributed by atoms with E-state index in [1.807, 2.05) is 0 Å². The largest absolute Gasteiger partial charge is 0.376 e. The van der Waals surface area contributed by atoms with Crippen LogP contribution in [-0.4, -0.2) is 36.2 Å². The van der Waals surface area contributed by atoms with Gasteiger partial charge in [-0.25, -0.2) is 0 Å². The van der Waals surface area contributed by atoms with E-state index in [1.165, 1.54) is 11.1 Å². The van der Waals surface area contributed by atoms with Gasteiger partial charge in [0.1, 0.15) is 0 Å². The molecule has 21 heavy (non-hydrogen) atoms. The van der Waals surface area contributed by atoms with Gasteiger partial charge in [0.25, 0.3) is 0 Å². The number of hydrogen-bond donors (Lipinski definition) is 1. The average molecular weight is 290 g/mol. The van der Waals surface area contributed by atoms with E-state index in [0.29, 0.717) is 18.2 Å². The van der Waals surface area contributed by atoms with Crippen LogP contribution in [0.15, 0.2) is 24.3 Å². The summed E-state index contributed by atoms with van der Waals surface area (Å²) in [4.78, 5) is 2.57. The maximum Gasteiger partial charge on any atom is 0.0674 e. The van der Waals surface area contributed by atoms with Crippen LogP contribution in [0.2, 0.25) is 0 Å². The van der Waals surface area contributed by atoms with Crippen LogP contribution in [0, 0.1) is 0 Å². The first kappa shape index (κ1) is 16.5. The zero-order chi connectivity index (χ0) is 15.2. The standard InChI is InChI=1S/C18H30N2O/c1-5-18-13-21-15(4)11-20(18)12-17-8-6-7-16(9-17)10-19-14(2)3/h6-9,14-15,18-19H,5,10-13H2,1-4H3. The van der Waals surface area contributed by atoms with Gasteiger partial charge in [0.15, 0.2) is 0 Å². The van der Waals surface area contributed by atoms with Crippen molar-refractivity contribution in [2.24, 2.45) is 0 Å². The molecule has 1 aliphatic heterocycles. The molecule has 1 saturated heterocycles. The molecule has 3 nitrogen and oxygen atoms in total. The third-order valence-electron chi connectivity index (χ3n) is 4.14. The van der Waals surface area contributed by atoms with E-state index in [1.54, 1.807) is 0 Å². The highest BCUT2D eigenvalue weighted by atomic mass is 16.5. The van der Waals surface area contributed by atoms with Crippen molar-refractivity contribution in [2.75, 3.05) is 13.2 Å². The van der Waals surface area contributed by atoms with Crippen molar-refractivity contribution < 1.29 is 4.74 Å². The van der Waals surface area contributed by atoms with Gasteiger partial charge in [-0.15, -0.1) is 0 Å². The molecule has 2 rings (SSSR count). The summed E-state index contributed by atoms with van der Waals surface area (Å²) in [5.74, 6) is 0. The molecule has 1 fully saturated rings. The summed E-state index contributed by atoms with van der Waals surface area (Å²) in [6.45, 7) is 12.7. The van der Waals surface area contributed by atoms with E-state index in [4.69, 9.17) is 4.74 Å². The fourth-order valence-corrected chi connectivity index (χ4v) is 2.88. The van der Waals surface area contributed by atoms with Gasteiger partial charge in [0, 0.05) is 31.7 Å². The fourth-order valence-electron chi connectivity index (χ4n) is 2.88. The summed E-state index contributed by atoms with van der Waals surface area (Å²) in [5, 5.41) is 3.49. The smallest absolute Gasteiger partial charge is 0.0674 e. The lowest BCUT2D eigenvalue weighted by atomic mass is 10.1. The molecule has 2 atom stereocenters. The van der Waals surface area contributed by atoms with Gasteiger partial charge in [0.2, 0.25) is 0 Å². The lowest BCUT2D eigenvalue weighted by Gasteiger charge is -2.38. The number of nitrogens with zero attached hydrogens (tertiary/aromatic N) is 1. The van der Waals surface area contributed by atoms with Gasteiger partial charge in [-0.05, 0) is 24.5 Å². The minimum absolute atomic E-state index is 0.346. The molecule has 0 spiro atoms. The van der Waals surface area contributed by atoms with E-state index in [0.717, 1.165) is 32.7 Å². The van der Waals surface area contributed by atoms with Crippen LogP contribution in [0.3, 0.4) is 0 Å². The Kier molecular flexibility index (Phi) is 6.22. The van der Waals surface area contributed by atoms with E-state index in [9.17, 15) is 0 Å². The Bertz CT molecular complexity index is 433. The van der Waals surface area contributed by atoms with E-state index in [-0.39, 0.29) is 0 Å². The molecule has 1 N–H and O–H groups in total. The molecule has 0 radical (unpaired) electrons. The minimum Gasteiger partial charge on any atom is -0.376 e. The Morgan fingerprint density at radius 1 is 1.33 bits per heavy atom. The normalized spacial score (nSPS) is 23.7. The molecule has 2 unspecified atom stereocenters. The third kappa shape index (κ3) is 5.10. The highest BCUT2D eigenvalue weighted by Crippen LogP contribution is 2.18. The molecule has 118 valence electrons. The van der Waals surface area contributed by atoms with Gasteiger partial charge in [-0.2, -0.15) is 0 Å². The Hall–Kier alpha value is -0.900. The molecule has 1 heterocycles. The summed E-state index contributed by atoms with van der Waals surface area (Å²) in [6.07, 6.45) is 1.50. The lowest BCUT2D eigenvalue weighted by molar-refractivity contribution is -0.0592. The number of benzene rings is 1. The number of ether oxygens (including phenoxy) is 1. The van der Waals surface area contributed by atoms with Crippen molar-refractivity contribution in [2.45, 2.75) is 65.4 Å². The first-order valence-corrected chi connectivity index (χ1v) is 8.25. The summed E-state index contributed by atoms with van der Waals surface area (Å²) >= 11 is 0. The van der Waals surface area contributed by atoms with Crippen molar-refractivity contribution in [3.63, 3.8) is 0 Å². The number of rotatable bonds is 6. The van der Waals surface area contributed by atoms with Crippen molar-refractivity contribution in [3.8, 4) is 0 Å². The van der Waals surface area contributed by atoms with Gasteiger partial charge >= 0.3 is 0 Å². The Morgan fingerprint density at radius 3 is 2.81 bits per heavy atom. The average Bonchev–Trinajstić information content (AvgIpc) is 2.46. The third-order valence-corrected chi connectivity index (χ3v) is 4.14. The van der Waals surface area contributed by atoms with Crippen molar-refractivity contribution >= 4 is 0 Å². The van der Waals surface area contributed by atoms with Crippen molar-refractivity contribution in [1.29, 1.82) is 0 Å². The van der Waals surface area contributed by atoms with E-state index < -0.39 is 0 Å². The maximum atomic E-state index is 5.79. The number of hydrogen-bond acceptors (Lipinski definition) is 3. The molecule has 0 aliphatic carbocycles. The SMILES string of the molecule is CCC1COC(C)CN1Cc1cccc(CNC(C)C)c1. The molecule has 0 amide bonds. The second-order valence-corrected chi connectivity index (χ2v) is 6.49. The van der Waals surface area contributed by atoms with Gasteiger partial charge < -0.3 is 10.1 Å². The van der Waals surface area contributed by atoms with Crippen LogP contribution in [0.1, 0.15) is 45.2 Å². The maximum absolute atomic E-state index is 5.79. The molecule has 3 heteroatoms. The molecule has 0 bridgehead atoms. The summed E-state index contributed by atoms with van der Waals surface area (Å²) in [5.41, 5.74) is 2.78. The summed E-state index contributed by atoms with van der Waals surface area (Å²) in [7, 11) is 0. The molecular weight excluding hydrogens is 260 g/mol. The Balaban J connectivity index is 1.99. The van der Waals surface area contributed by atoms with Crippen molar-refractivity contribution in [3.05, 3.63) is 35.4 Å². The quantitative estimate of drug-likeness (QED) is 0.871. The molecule has 1 aliphatic rings. The van der Waals surface area contributed by atoms with Crippen LogP contribution >= 0.6 is 0 Å². The molecule has 1 aromatic carbocycles. The highest BCUT2D eigenvalue weighted by Gasteiger charge is 2.25. The van der Waals surface area contributed by atoms with Crippen LogP contribution in [-0.2, 0) is 17.8 Å². The van der Waals surface area contributed by atoms with E-state index in [2.05, 4.69) is 62.2 Å².